The highest BCUT2D eigenvalue weighted by molar-refractivity contribution is 5.85. The van der Waals surface area contributed by atoms with E-state index in [1.165, 1.54) is 35.2 Å². The monoisotopic (exact) mass is 450 g/mol. The van der Waals surface area contributed by atoms with Crippen LogP contribution in [0.1, 0.15) is 6.92 Å². The van der Waals surface area contributed by atoms with Gasteiger partial charge in [-0.05, 0) is 55.0 Å². The normalized spacial score (nSPS) is 11.4. The summed E-state index contributed by atoms with van der Waals surface area (Å²) in [5.74, 6) is -0.0253. The SMILES string of the molecule is CCOc1ncc2cc(-c3ccc4ncoc4c3)c(=O)n(-c3ccc(OC(F)F)cc3)c2n1. The molecule has 0 spiro atoms. The number of alkyl halides is 2. The molecule has 10 heteroatoms. The summed E-state index contributed by atoms with van der Waals surface area (Å²) in [5, 5.41) is 0.582. The van der Waals surface area contributed by atoms with Crippen molar-refractivity contribution in [2.24, 2.45) is 0 Å². The van der Waals surface area contributed by atoms with E-state index in [1.807, 2.05) is 0 Å². The van der Waals surface area contributed by atoms with Crippen LogP contribution < -0.4 is 15.0 Å². The number of benzene rings is 2. The van der Waals surface area contributed by atoms with Gasteiger partial charge in [0, 0.05) is 17.1 Å². The Kier molecular flexibility index (Phi) is 5.17. The fourth-order valence-electron chi connectivity index (χ4n) is 3.53. The largest absolute Gasteiger partial charge is 0.464 e. The van der Waals surface area contributed by atoms with Gasteiger partial charge in [-0.1, -0.05) is 6.07 Å². The molecule has 3 heterocycles. The number of halogens is 2. The van der Waals surface area contributed by atoms with Gasteiger partial charge in [-0.25, -0.2) is 9.97 Å². The first-order chi connectivity index (χ1) is 16.0. The standard InChI is InChI=1S/C23H16F2N4O4/c1-2-31-23-26-11-14-9-17(13-3-8-18-19(10-13)32-12-27-18)21(30)29(20(14)28-23)15-4-6-16(7-5-15)33-22(24)25/h3-12,22H,2H2,1H3. The molecule has 0 amide bonds. The lowest BCUT2D eigenvalue weighted by Crippen LogP contribution is -2.21. The minimum Gasteiger partial charge on any atom is -0.464 e. The first-order valence-corrected chi connectivity index (χ1v) is 9.98. The summed E-state index contributed by atoms with van der Waals surface area (Å²) < 4.78 is 41.7. The fraction of sp³-hybridized carbons (Fsp3) is 0.130. The molecule has 8 nitrogen and oxygen atoms in total. The summed E-state index contributed by atoms with van der Waals surface area (Å²) in [6, 6.07) is 12.8. The highest BCUT2D eigenvalue weighted by Crippen LogP contribution is 2.26. The van der Waals surface area contributed by atoms with Crippen molar-refractivity contribution in [2.45, 2.75) is 13.5 Å². The highest BCUT2D eigenvalue weighted by atomic mass is 19.3. The van der Waals surface area contributed by atoms with E-state index in [2.05, 4.69) is 19.7 Å². The number of rotatable bonds is 6. The number of fused-ring (bicyclic) bond motifs is 2. The van der Waals surface area contributed by atoms with Gasteiger partial charge in [0.05, 0.1) is 12.3 Å². The van der Waals surface area contributed by atoms with E-state index < -0.39 is 6.61 Å². The molecule has 0 saturated heterocycles. The second kappa shape index (κ2) is 8.30. The molecule has 2 aromatic carbocycles. The zero-order valence-corrected chi connectivity index (χ0v) is 17.2. The van der Waals surface area contributed by atoms with E-state index in [4.69, 9.17) is 9.15 Å². The quantitative estimate of drug-likeness (QED) is 0.374. The fourth-order valence-corrected chi connectivity index (χ4v) is 3.53. The van der Waals surface area contributed by atoms with E-state index in [-0.39, 0.29) is 17.3 Å². The predicted molar refractivity (Wildman–Crippen MR) is 116 cm³/mol. The van der Waals surface area contributed by atoms with Crippen LogP contribution >= 0.6 is 0 Å². The minimum atomic E-state index is -2.95. The Morgan fingerprint density at radius 1 is 1.09 bits per heavy atom. The third-order valence-electron chi connectivity index (χ3n) is 4.95. The average molecular weight is 450 g/mol. The van der Waals surface area contributed by atoms with E-state index in [0.29, 0.717) is 45.6 Å². The zero-order chi connectivity index (χ0) is 22.9. The van der Waals surface area contributed by atoms with Crippen LogP contribution in [0, 0.1) is 0 Å². The van der Waals surface area contributed by atoms with Gasteiger partial charge in [-0.3, -0.25) is 9.36 Å². The zero-order valence-electron chi connectivity index (χ0n) is 17.2. The molecule has 0 saturated carbocycles. The van der Waals surface area contributed by atoms with Crippen molar-refractivity contribution in [3.05, 3.63) is 71.5 Å². The summed E-state index contributed by atoms with van der Waals surface area (Å²) in [4.78, 5) is 26.4. The minimum absolute atomic E-state index is 0.0253. The Bertz CT molecular complexity index is 1510. The Morgan fingerprint density at radius 2 is 1.91 bits per heavy atom. The number of ether oxygens (including phenoxy) is 2. The molecule has 166 valence electrons. The maximum absolute atomic E-state index is 13.7. The van der Waals surface area contributed by atoms with Crippen molar-refractivity contribution in [2.75, 3.05) is 6.61 Å². The molecule has 0 aliphatic heterocycles. The lowest BCUT2D eigenvalue weighted by Gasteiger charge is -2.14. The molecular weight excluding hydrogens is 434 g/mol. The van der Waals surface area contributed by atoms with Gasteiger partial charge in [-0.2, -0.15) is 13.8 Å². The Labute approximate surface area is 185 Å². The Hall–Kier alpha value is -4.34. The van der Waals surface area contributed by atoms with Crippen LogP contribution in [0.15, 0.2) is 70.3 Å². The lowest BCUT2D eigenvalue weighted by atomic mass is 10.1. The third-order valence-corrected chi connectivity index (χ3v) is 4.95. The average Bonchev–Trinajstić information content (AvgIpc) is 3.27. The summed E-state index contributed by atoms with van der Waals surface area (Å²) in [6.07, 6.45) is 2.90. The van der Waals surface area contributed by atoms with Crippen LogP contribution in [0.2, 0.25) is 0 Å². The molecule has 0 aliphatic rings. The van der Waals surface area contributed by atoms with Crippen LogP contribution in [-0.2, 0) is 0 Å². The summed E-state index contributed by atoms with van der Waals surface area (Å²) in [7, 11) is 0. The topological polar surface area (TPSA) is 92.3 Å². The molecule has 5 rings (SSSR count). The van der Waals surface area contributed by atoms with Gasteiger partial charge in [0.1, 0.15) is 11.3 Å². The van der Waals surface area contributed by atoms with Crippen molar-refractivity contribution < 1.29 is 22.7 Å². The molecule has 0 bridgehead atoms. The number of pyridine rings is 1. The number of hydrogen-bond donors (Lipinski definition) is 0. The Balaban J connectivity index is 1.74. The van der Waals surface area contributed by atoms with Crippen molar-refractivity contribution in [1.29, 1.82) is 0 Å². The van der Waals surface area contributed by atoms with Crippen LogP contribution in [-0.4, -0.2) is 32.7 Å². The first-order valence-electron chi connectivity index (χ1n) is 9.98. The maximum Gasteiger partial charge on any atom is 0.387 e. The Morgan fingerprint density at radius 3 is 2.67 bits per heavy atom. The van der Waals surface area contributed by atoms with E-state index in [0.717, 1.165) is 0 Å². The molecule has 0 radical (unpaired) electrons. The number of aromatic nitrogens is 4. The number of nitrogens with zero attached hydrogens (tertiary/aromatic N) is 4. The molecule has 0 aliphatic carbocycles. The van der Waals surface area contributed by atoms with Crippen LogP contribution in [0.5, 0.6) is 11.8 Å². The van der Waals surface area contributed by atoms with Gasteiger partial charge in [0.15, 0.2) is 17.6 Å². The summed E-state index contributed by atoms with van der Waals surface area (Å²) in [5.41, 5.74) is 2.55. The molecule has 0 fully saturated rings. The van der Waals surface area contributed by atoms with Crippen LogP contribution in [0.3, 0.4) is 0 Å². The number of oxazole rings is 1. The van der Waals surface area contributed by atoms with Crippen LogP contribution in [0.25, 0.3) is 38.9 Å². The summed E-state index contributed by atoms with van der Waals surface area (Å²) in [6.45, 7) is -0.800. The van der Waals surface area contributed by atoms with Gasteiger partial charge >= 0.3 is 12.6 Å². The van der Waals surface area contributed by atoms with E-state index in [1.54, 1.807) is 37.4 Å². The maximum atomic E-state index is 13.7. The van der Waals surface area contributed by atoms with Crippen molar-refractivity contribution >= 4 is 22.1 Å². The van der Waals surface area contributed by atoms with E-state index in [9.17, 15) is 13.6 Å². The predicted octanol–water partition coefficient (Wildman–Crippen LogP) is 4.59. The molecule has 3 aromatic heterocycles. The molecule has 0 N–H and O–H groups in total. The van der Waals surface area contributed by atoms with E-state index >= 15 is 0 Å². The number of hydrogen-bond acceptors (Lipinski definition) is 7. The lowest BCUT2D eigenvalue weighted by molar-refractivity contribution is -0.0498. The smallest absolute Gasteiger partial charge is 0.387 e. The van der Waals surface area contributed by atoms with Gasteiger partial charge < -0.3 is 13.9 Å². The van der Waals surface area contributed by atoms with Gasteiger partial charge in [0.25, 0.3) is 5.56 Å². The molecule has 0 atom stereocenters. The molecule has 5 aromatic rings. The molecule has 0 unspecified atom stereocenters. The van der Waals surface area contributed by atoms with Gasteiger partial charge in [-0.15, -0.1) is 0 Å². The van der Waals surface area contributed by atoms with Crippen molar-refractivity contribution in [3.8, 4) is 28.6 Å². The first kappa shape index (κ1) is 20.6. The van der Waals surface area contributed by atoms with Crippen molar-refractivity contribution in [1.82, 2.24) is 19.5 Å². The second-order valence-corrected chi connectivity index (χ2v) is 6.97. The third kappa shape index (κ3) is 3.86. The van der Waals surface area contributed by atoms with Crippen LogP contribution in [0.4, 0.5) is 8.78 Å². The molecule has 33 heavy (non-hydrogen) atoms. The van der Waals surface area contributed by atoms with Crippen molar-refractivity contribution in [3.63, 3.8) is 0 Å². The van der Waals surface area contributed by atoms with Gasteiger partial charge in [0.2, 0.25) is 0 Å². The summed E-state index contributed by atoms with van der Waals surface area (Å²) >= 11 is 0. The molecular formula is C23H16F2N4O4. The second-order valence-electron chi connectivity index (χ2n) is 6.97. The highest BCUT2D eigenvalue weighted by Gasteiger charge is 2.16.